The van der Waals surface area contributed by atoms with Gasteiger partial charge in [-0.05, 0) is 77.0 Å². The van der Waals surface area contributed by atoms with E-state index in [1.807, 2.05) is 26.8 Å². The highest BCUT2D eigenvalue weighted by atomic mass is 79.9. The summed E-state index contributed by atoms with van der Waals surface area (Å²) in [7, 11) is -4.02. The van der Waals surface area contributed by atoms with Crippen LogP contribution in [0.1, 0.15) is 36.1 Å². The van der Waals surface area contributed by atoms with Gasteiger partial charge in [-0.25, -0.2) is 4.18 Å². The third kappa shape index (κ3) is 3.25. The molecule has 0 radical (unpaired) electrons. The maximum absolute atomic E-state index is 13.2. The number of hydrogen-bond donors (Lipinski definition) is 2. The Morgan fingerprint density at radius 1 is 1.13 bits per heavy atom. The van der Waals surface area contributed by atoms with E-state index in [0.29, 0.717) is 26.7 Å². The fourth-order valence-electron chi connectivity index (χ4n) is 4.86. The van der Waals surface area contributed by atoms with E-state index >= 15 is 0 Å². The summed E-state index contributed by atoms with van der Waals surface area (Å²) in [6.45, 7) is 7.43. The van der Waals surface area contributed by atoms with Crippen LogP contribution in [0.3, 0.4) is 0 Å². The Kier molecular flexibility index (Phi) is 5.71. The van der Waals surface area contributed by atoms with Gasteiger partial charge in [0.2, 0.25) is 0 Å². The molecule has 0 fully saturated rings. The van der Waals surface area contributed by atoms with Gasteiger partial charge in [0.05, 0.1) is 10.6 Å². The molecule has 5 atom stereocenters. The number of rotatable bonds is 2. The number of halogens is 2. The first-order chi connectivity index (χ1) is 14.4. The minimum absolute atomic E-state index is 0.114. The second-order valence-electron chi connectivity index (χ2n) is 8.48. The number of aliphatic hydroxyl groups is 1. The van der Waals surface area contributed by atoms with Gasteiger partial charge in [0.15, 0.2) is 0 Å². The van der Waals surface area contributed by atoms with E-state index in [1.54, 1.807) is 37.3 Å². The molecule has 4 rings (SSSR count). The lowest BCUT2D eigenvalue weighted by Gasteiger charge is -2.45. The van der Waals surface area contributed by atoms with Crippen molar-refractivity contribution in [3.8, 4) is 5.75 Å². The number of benzene rings is 2. The van der Waals surface area contributed by atoms with Gasteiger partial charge in [0.1, 0.15) is 16.2 Å². The molecule has 2 aromatic rings. The molecule has 0 spiro atoms. The average Bonchev–Trinajstić information content (AvgIpc) is 2.98. The second kappa shape index (κ2) is 7.70. The van der Waals surface area contributed by atoms with E-state index in [0.717, 1.165) is 5.57 Å². The van der Waals surface area contributed by atoms with Crippen molar-refractivity contribution in [1.82, 2.24) is 0 Å². The topological polar surface area (TPSA) is 83.8 Å². The quantitative estimate of drug-likeness (QED) is 0.299. The normalized spacial score (nSPS) is 31.9. The van der Waals surface area contributed by atoms with Crippen molar-refractivity contribution >= 4 is 42.0 Å². The number of hydrogen-bond acceptors (Lipinski definition) is 5. The van der Waals surface area contributed by atoms with Crippen molar-refractivity contribution in [2.45, 2.75) is 49.1 Å². The van der Waals surface area contributed by atoms with Crippen LogP contribution >= 0.6 is 31.9 Å². The minimum atomic E-state index is -4.02. The first kappa shape index (κ1) is 23.0. The lowest BCUT2D eigenvalue weighted by Crippen LogP contribution is -2.47. The maximum atomic E-state index is 13.2. The van der Waals surface area contributed by atoms with E-state index in [9.17, 15) is 18.6 Å². The van der Waals surface area contributed by atoms with Crippen LogP contribution in [0.5, 0.6) is 5.75 Å². The summed E-state index contributed by atoms with van der Waals surface area (Å²) in [5.74, 6) is -0.441. The monoisotopic (exact) mass is 570 g/mol. The van der Waals surface area contributed by atoms with Crippen molar-refractivity contribution in [3.05, 3.63) is 68.7 Å². The third-order valence-corrected chi connectivity index (χ3v) is 10.3. The fourth-order valence-corrected chi connectivity index (χ4v) is 7.60. The molecule has 166 valence electrons. The molecule has 8 heteroatoms. The van der Waals surface area contributed by atoms with Crippen molar-refractivity contribution < 1.29 is 22.8 Å². The summed E-state index contributed by atoms with van der Waals surface area (Å²) in [6, 6.07) is 8.65. The number of aliphatic hydroxyl groups excluding tert-OH is 1. The standard InChI is InChI=1S/C23H24Br2O5S/c1-11-9-16(13(3)19(24)21(11)26)23(17-10-12(2)22(27)20(25)14(17)4)15-7-5-6-8-18(15)31(28,29)30-23/h5-10,13,16,19,21,26-27H,1-4H3/t13-,16-,19+,21-,23-/m0/s1. The Hall–Kier alpha value is -1.19. The zero-order chi connectivity index (χ0) is 22.9. The first-order valence-electron chi connectivity index (χ1n) is 9.98. The molecule has 1 aliphatic carbocycles. The summed E-state index contributed by atoms with van der Waals surface area (Å²) < 4.78 is 33.0. The number of fused-ring (bicyclic) bond motifs is 1. The van der Waals surface area contributed by atoms with Gasteiger partial charge in [0.25, 0.3) is 10.1 Å². The summed E-state index contributed by atoms with van der Waals surface area (Å²) in [5.41, 5.74) is 1.95. The highest BCUT2D eigenvalue weighted by Gasteiger charge is 2.58. The molecule has 0 saturated carbocycles. The molecular weight excluding hydrogens is 548 g/mol. The van der Waals surface area contributed by atoms with E-state index in [-0.39, 0.29) is 21.4 Å². The van der Waals surface area contributed by atoms with Crippen LogP contribution in [0.15, 0.2) is 51.3 Å². The number of alkyl halides is 1. The Labute approximate surface area is 199 Å². The lowest BCUT2D eigenvalue weighted by atomic mass is 9.65. The summed E-state index contributed by atoms with van der Waals surface area (Å²) in [4.78, 5) is -0.132. The van der Waals surface area contributed by atoms with E-state index in [1.165, 1.54) is 0 Å². The molecule has 2 N–H and O–H groups in total. The van der Waals surface area contributed by atoms with Crippen molar-refractivity contribution in [3.63, 3.8) is 0 Å². The molecule has 31 heavy (non-hydrogen) atoms. The van der Waals surface area contributed by atoms with Crippen LogP contribution in [0.4, 0.5) is 0 Å². The predicted molar refractivity (Wildman–Crippen MR) is 126 cm³/mol. The maximum Gasteiger partial charge on any atom is 0.298 e. The van der Waals surface area contributed by atoms with Crippen molar-refractivity contribution in [1.29, 1.82) is 0 Å². The first-order valence-corrected chi connectivity index (χ1v) is 13.1. The number of aryl methyl sites for hydroxylation is 1. The minimum Gasteiger partial charge on any atom is -0.506 e. The molecule has 0 saturated heterocycles. The summed E-state index contributed by atoms with van der Waals surface area (Å²) in [6.07, 6.45) is 1.26. The van der Waals surface area contributed by atoms with E-state index in [4.69, 9.17) is 4.18 Å². The van der Waals surface area contributed by atoms with Crippen LogP contribution in [0, 0.1) is 25.7 Å². The number of phenolic OH excluding ortho intramolecular Hbond substituents is 1. The molecule has 0 amide bonds. The molecule has 2 aliphatic rings. The van der Waals surface area contributed by atoms with E-state index in [2.05, 4.69) is 31.9 Å². The van der Waals surface area contributed by atoms with Crippen LogP contribution in [-0.2, 0) is 19.9 Å². The summed E-state index contributed by atoms with van der Waals surface area (Å²) in [5, 5.41) is 21.1. The van der Waals surface area contributed by atoms with Gasteiger partial charge < -0.3 is 10.2 Å². The largest absolute Gasteiger partial charge is 0.506 e. The molecule has 1 aliphatic heterocycles. The second-order valence-corrected chi connectivity index (χ2v) is 11.8. The van der Waals surface area contributed by atoms with Crippen LogP contribution in [0.2, 0.25) is 0 Å². The molecule has 2 aromatic carbocycles. The Balaban J connectivity index is 2.14. The molecule has 0 bridgehead atoms. The van der Waals surface area contributed by atoms with Crippen LogP contribution in [0.25, 0.3) is 0 Å². The highest BCUT2D eigenvalue weighted by Crippen LogP contribution is 2.57. The molecule has 0 unspecified atom stereocenters. The van der Waals surface area contributed by atoms with Gasteiger partial charge in [-0.3, -0.25) is 0 Å². The smallest absolute Gasteiger partial charge is 0.298 e. The third-order valence-electron chi connectivity index (χ3n) is 6.62. The van der Waals surface area contributed by atoms with Gasteiger partial charge in [-0.15, -0.1) is 0 Å². The van der Waals surface area contributed by atoms with Crippen molar-refractivity contribution in [2.75, 3.05) is 0 Å². The zero-order valence-electron chi connectivity index (χ0n) is 17.6. The van der Waals surface area contributed by atoms with Crippen LogP contribution < -0.4 is 0 Å². The van der Waals surface area contributed by atoms with Gasteiger partial charge in [-0.1, -0.05) is 47.1 Å². The van der Waals surface area contributed by atoms with E-state index < -0.39 is 27.7 Å². The predicted octanol–water partition coefficient (Wildman–Crippen LogP) is 5.07. The molecule has 5 nitrogen and oxygen atoms in total. The Morgan fingerprint density at radius 3 is 2.45 bits per heavy atom. The Bertz CT molecular complexity index is 1210. The van der Waals surface area contributed by atoms with Gasteiger partial charge in [0, 0.05) is 16.3 Å². The lowest BCUT2D eigenvalue weighted by molar-refractivity contribution is 0.0384. The highest BCUT2D eigenvalue weighted by molar-refractivity contribution is 9.10. The zero-order valence-corrected chi connectivity index (χ0v) is 21.5. The van der Waals surface area contributed by atoms with Gasteiger partial charge >= 0.3 is 0 Å². The number of phenols is 1. The molecule has 0 aromatic heterocycles. The Morgan fingerprint density at radius 2 is 1.77 bits per heavy atom. The van der Waals surface area contributed by atoms with Crippen LogP contribution in [-0.4, -0.2) is 29.6 Å². The number of aromatic hydroxyl groups is 1. The fraction of sp³-hybridized carbons (Fsp3) is 0.391. The van der Waals surface area contributed by atoms with Crippen molar-refractivity contribution in [2.24, 2.45) is 11.8 Å². The van der Waals surface area contributed by atoms with Gasteiger partial charge in [-0.2, -0.15) is 8.42 Å². The summed E-state index contributed by atoms with van der Waals surface area (Å²) >= 11 is 7.10. The average molecular weight is 572 g/mol. The SMILES string of the molecule is CC1=C[C@H]([C@@]2(c3cc(C)c(O)c(Br)c3C)OS(=O)(=O)c3ccccc32)[C@H](C)[C@@H](Br)[C@H]1O. The molecule has 1 heterocycles. The molecular formula is C23H24Br2O5S.